The molecule has 6 heteroatoms. The summed E-state index contributed by atoms with van der Waals surface area (Å²) in [6.45, 7) is 2.06. The van der Waals surface area contributed by atoms with Crippen LogP contribution in [0.4, 0.5) is 11.4 Å². The first kappa shape index (κ1) is 15.1. The Balaban J connectivity index is 1.74. The Hall–Kier alpha value is -3.41. The van der Waals surface area contributed by atoms with E-state index in [9.17, 15) is 0 Å². The normalized spacial score (nSPS) is 10.8. The number of nitrogens with one attached hydrogen (secondary N) is 1. The van der Waals surface area contributed by atoms with Gasteiger partial charge >= 0.3 is 0 Å². The van der Waals surface area contributed by atoms with Crippen LogP contribution in [0, 0.1) is 6.92 Å². The van der Waals surface area contributed by atoms with E-state index in [1.807, 2.05) is 24.4 Å². The predicted octanol–water partition coefficient (Wildman–Crippen LogP) is 3.88. The molecule has 0 unspecified atom stereocenters. The lowest BCUT2D eigenvalue weighted by atomic mass is 10.1. The quantitative estimate of drug-likeness (QED) is 0.615. The zero-order valence-corrected chi connectivity index (χ0v) is 14.0. The van der Waals surface area contributed by atoms with E-state index in [-0.39, 0.29) is 0 Å². The van der Waals surface area contributed by atoms with Gasteiger partial charge in [-0.2, -0.15) is 5.10 Å². The van der Waals surface area contributed by atoms with Crippen LogP contribution in [0.3, 0.4) is 0 Å². The summed E-state index contributed by atoms with van der Waals surface area (Å²) in [5.74, 6) is 1.39. The van der Waals surface area contributed by atoms with Gasteiger partial charge in [0.2, 0.25) is 0 Å². The molecule has 0 amide bonds. The minimum atomic E-state index is 0.692. The fraction of sp³-hybridized carbons (Fsp3) is 0.105. The number of pyridine rings is 2. The first-order chi connectivity index (χ1) is 12.2. The van der Waals surface area contributed by atoms with Gasteiger partial charge < -0.3 is 10.1 Å². The Bertz CT molecular complexity index is 1030. The van der Waals surface area contributed by atoms with E-state index in [4.69, 9.17) is 4.74 Å². The smallest absolute Gasteiger partial charge is 0.157 e. The third-order valence-corrected chi connectivity index (χ3v) is 3.98. The molecule has 0 saturated heterocycles. The molecule has 0 atom stereocenters. The molecule has 124 valence electrons. The van der Waals surface area contributed by atoms with Crippen molar-refractivity contribution < 1.29 is 4.74 Å². The SMILES string of the molecule is COc1cc(-n2cccn2)ncc1Nc1ccnc2cc(C)ccc12. The number of rotatable bonds is 4. The van der Waals surface area contributed by atoms with E-state index in [0.717, 1.165) is 22.3 Å². The van der Waals surface area contributed by atoms with Gasteiger partial charge in [-0.15, -0.1) is 0 Å². The van der Waals surface area contributed by atoms with Crippen LogP contribution in [0.2, 0.25) is 0 Å². The highest BCUT2D eigenvalue weighted by Gasteiger charge is 2.10. The molecule has 0 bridgehead atoms. The number of aryl methyl sites for hydroxylation is 1. The van der Waals surface area contributed by atoms with Crippen molar-refractivity contribution in [2.45, 2.75) is 6.92 Å². The highest BCUT2D eigenvalue weighted by molar-refractivity contribution is 5.93. The molecule has 0 aliphatic carbocycles. The van der Waals surface area contributed by atoms with Crippen molar-refractivity contribution in [3.05, 3.63) is 66.7 Å². The number of hydrogen-bond donors (Lipinski definition) is 1. The van der Waals surface area contributed by atoms with Crippen molar-refractivity contribution in [3.8, 4) is 11.6 Å². The zero-order valence-electron chi connectivity index (χ0n) is 14.0. The van der Waals surface area contributed by atoms with Crippen LogP contribution in [-0.4, -0.2) is 26.9 Å². The number of benzene rings is 1. The van der Waals surface area contributed by atoms with Crippen molar-refractivity contribution in [2.24, 2.45) is 0 Å². The lowest BCUT2D eigenvalue weighted by molar-refractivity contribution is 0.416. The summed E-state index contributed by atoms with van der Waals surface area (Å²) < 4.78 is 7.22. The van der Waals surface area contributed by atoms with Gasteiger partial charge in [-0.3, -0.25) is 4.98 Å². The van der Waals surface area contributed by atoms with Crippen molar-refractivity contribution in [2.75, 3.05) is 12.4 Å². The number of hydrogen-bond acceptors (Lipinski definition) is 5. The van der Waals surface area contributed by atoms with Crippen LogP contribution in [0.25, 0.3) is 16.7 Å². The number of nitrogens with zero attached hydrogens (tertiary/aromatic N) is 4. The highest BCUT2D eigenvalue weighted by atomic mass is 16.5. The average molecular weight is 331 g/mol. The van der Waals surface area contributed by atoms with Crippen molar-refractivity contribution in [1.29, 1.82) is 0 Å². The molecular weight excluding hydrogens is 314 g/mol. The molecule has 0 aliphatic heterocycles. The van der Waals surface area contributed by atoms with Gasteiger partial charge in [0, 0.05) is 35.7 Å². The monoisotopic (exact) mass is 331 g/mol. The Morgan fingerprint density at radius 3 is 2.76 bits per heavy atom. The molecule has 25 heavy (non-hydrogen) atoms. The Labute approximate surface area is 145 Å². The largest absolute Gasteiger partial charge is 0.494 e. The van der Waals surface area contributed by atoms with Crippen LogP contribution in [0.5, 0.6) is 5.75 Å². The maximum atomic E-state index is 5.53. The Kier molecular flexibility index (Phi) is 3.78. The van der Waals surface area contributed by atoms with E-state index in [1.165, 1.54) is 5.56 Å². The van der Waals surface area contributed by atoms with E-state index < -0.39 is 0 Å². The van der Waals surface area contributed by atoms with Gasteiger partial charge in [-0.1, -0.05) is 12.1 Å². The van der Waals surface area contributed by atoms with Gasteiger partial charge in [0.25, 0.3) is 0 Å². The third-order valence-electron chi connectivity index (χ3n) is 3.98. The summed E-state index contributed by atoms with van der Waals surface area (Å²) in [7, 11) is 1.64. The van der Waals surface area contributed by atoms with Crippen molar-refractivity contribution in [3.63, 3.8) is 0 Å². The van der Waals surface area contributed by atoms with Crippen molar-refractivity contribution >= 4 is 22.3 Å². The van der Waals surface area contributed by atoms with Crippen molar-refractivity contribution in [1.82, 2.24) is 19.7 Å². The topological polar surface area (TPSA) is 64.9 Å². The van der Waals surface area contributed by atoms with E-state index in [1.54, 1.807) is 30.4 Å². The standard InChI is InChI=1S/C19H17N5O/c1-13-4-5-14-15(6-8-20-16(14)10-13)23-17-12-21-19(11-18(17)25-2)24-9-3-7-22-24/h3-12H,1-2H3,(H,20,23). The van der Waals surface area contributed by atoms with Gasteiger partial charge in [0.05, 0.1) is 24.5 Å². The molecule has 1 aromatic carbocycles. The number of ether oxygens (including phenoxy) is 1. The van der Waals surface area contributed by atoms with Crippen LogP contribution in [0.1, 0.15) is 5.56 Å². The molecule has 3 aromatic heterocycles. The van der Waals surface area contributed by atoms with Gasteiger partial charge in [0.1, 0.15) is 5.75 Å². The molecular formula is C19H17N5O. The summed E-state index contributed by atoms with van der Waals surface area (Å²) in [5.41, 5.74) is 3.87. The van der Waals surface area contributed by atoms with Gasteiger partial charge in [-0.05, 0) is 30.7 Å². The predicted molar refractivity (Wildman–Crippen MR) is 97.7 cm³/mol. The maximum Gasteiger partial charge on any atom is 0.157 e. The molecule has 4 aromatic rings. The summed E-state index contributed by atoms with van der Waals surface area (Å²) in [5, 5.41) is 8.64. The fourth-order valence-electron chi connectivity index (χ4n) is 2.73. The van der Waals surface area contributed by atoms with E-state index in [2.05, 4.69) is 45.5 Å². The zero-order chi connectivity index (χ0) is 17.2. The third kappa shape index (κ3) is 2.89. The highest BCUT2D eigenvalue weighted by Crippen LogP contribution is 2.31. The summed E-state index contributed by atoms with van der Waals surface area (Å²) in [6, 6.07) is 11.9. The summed E-state index contributed by atoms with van der Waals surface area (Å²) in [6.07, 6.45) is 7.09. The molecule has 1 N–H and O–H groups in total. The number of methoxy groups -OCH3 is 1. The lowest BCUT2D eigenvalue weighted by Gasteiger charge is -2.14. The molecule has 0 aliphatic rings. The van der Waals surface area contributed by atoms with Crippen LogP contribution < -0.4 is 10.1 Å². The molecule has 4 rings (SSSR count). The first-order valence-corrected chi connectivity index (χ1v) is 7.91. The summed E-state index contributed by atoms with van der Waals surface area (Å²) >= 11 is 0. The second-order valence-corrected chi connectivity index (χ2v) is 5.70. The van der Waals surface area contributed by atoms with E-state index >= 15 is 0 Å². The minimum Gasteiger partial charge on any atom is -0.494 e. The summed E-state index contributed by atoms with van der Waals surface area (Å²) in [4.78, 5) is 8.90. The van der Waals surface area contributed by atoms with Gasteiger partial charge in [0.15, 0.2) is 5.82 Å². The molecule has 3 heterocycles. The van der Waals surface area contributed by atoms with E-state index in [0.29, 0.717) is 11.6 Å². The maximum absolute atomic E-state index is 5.53. The molecule has 6 nitrogen and oxygen atoms in total. The van der Waals surface area contributed by atoms with Gasteiger partial charge in [-0.25, -0.2) is 9.67 Å². The number of anilines is 2. The van der Waals surface area contributed by atoms with Crippen LogP contribution in [0.15, 0.2) is 61.2 Å². The molecule has 0 fully saturated rings. The average Bonchev–Trinajstić information content (AvgIpc) is 3.16. The minimum absolute atomic E-state index is 0.692. The fourth-order valence-corrected chi connectivity index (χ4v) is 2.73. The lowest BCUT2D eigenvalue weighted by Crippen LogP contribution is -2.02. The Morgan fingerprint density at radius 1 is 1.04 bits per heavy atom. The molecule has 0 saturated carbocycles. The van der Waals surface area contributed by atoms with Crippen LogP contribution >= 0.6 is 0 Å². The molecule has 0 radical (unpaired) electrons. The first-order valence-electron chi connectivity index (χ1n) is 7.91. The molecule has 0 spiro atoms. The Morgan fingerprint density at radius 2 is 1.96 bits per heavy atom. The second-order valence-electron chi connectivity index (χ2n) is 5.70. The second kappa shape index (κ2) is 6.24. The van der Waals surface area contributed by atoms with Crippen LogP contribution in [-0.2, 0) is 0 Å². The number of aromatic nitrogens is 4. The number of fused-ring (bicyclic) bond motifs is 1.